The van der Waals surface area contributed by atoms with Crippen LogP contribution in [0.15, 0.2) is 12.5 Å². The lowest BCUT2D eigenvalue weighted by molar-refractivity contribution is -0.139. The average molecular weight is 193 g/mol. The van der Waals surface area contributed by atoms with Crippen LogP contribution >= 0.6 is 0 Å². The summed E-state index contributed by atoms with van der Waals surface area (Å²) in [4.78, 5) is 20.9. The summed E-state index contributed by atoms with van der Waals surface area (Å²) in [5.74, 6) is -1.34. The van der Waals surface area contributed by atoms with Crippen LogP contribution in [0.2, 0.25) is 0 Å². The lowest BCUT2D eigenvalue weighted by Gasteiger charge is -2.28. The van der Waals surface area contributed by atoms with Gasteiger partial charge in [0.2, 0.25) is 0 Å². The number of fused-ring (bicyclic) bond motifs is 1. The van der Waals surface area contributed by atoms with Gasteiger partial charge < -0.3 is 10.0 Å². The molecule has 0 aromatic carbocycles. The van der Waals surface area contributed by atoms with Crippen molar-refractivity contribution in [3.8, 4) is 0 Å². The standard InChI is InChI=1S/C9H11N3O2/c1-12-3-6-2-10-5-11-8(6)7(4-12)9(13)14/h2,5,7H,3-4H2,1H3,(H,13,14). The Morgan fingerprint density at radius 3 is 3.21 bits per heavy atom. The molecule has 0 saturated carbocycles. The summed E-state index contributed by atoms with van der Waals surface area (Å²) in [6.45, 7) is 1.24. The highest BCUT2D eigenvalue weighted by atomic mass is 16.4. The lowest BCUT2D eigenvalue weighted by atomic mass is 9.96. The number of hydrogen-bond donors (Lipinski definition) is 1. The van der Waals surface area contributed by atoms with Crippen LogP contribution in [0.3, 0.4) is 0 Å². The van der Waals surface area contributed by atoms with E-state index in [0.29, 0.717) is 12.2 Å². The molecular formula is C9H11N3O2. The van der Waals surface area contributed by atoms with Crippen LogP contribution in [0, 0.1) is 0 Å². The van der Waals surface area contributed by atoms with E-state index in [-0.39, 0.29) is 0 Å². The molecule has 2 rings (SSSR count). The maximum atomic E-state index is 11.0. The predicted molar refractivity (Wildman–Crippen MR) is 48.7 cm³/mol. The molecule has 1 aliphatic heterocycles. The molecular weight excluding hydrogens is 182 g/mol. The molecule has 1 aromatic heterocycles. The first-order valence-electron chi connectivity index (χ1n) is 4.38. The number of carboxylic acids is 1. The molecule has 0 aliphatic carbocycles. The highest BCUT2D eigenvalue weighted by Crippen LogP contribution is 2.24. The Hall–Kier alpha value is -1.49. The summed E-state index contributed by atoms with van der Waals surface area (Å²) >= 11 is 0. The number of nitrogens with zero attached hydrogens (tertiary/aromatic N) is 3. The zero-order valence-corrected chi connectivity index (χ0v) is 7.84. The van der Waals surface area contributed by atoms with E-state index in [4.69, 9.17) is 5.11 Å². The number of carboxylic acid groups (broad SMARTS) is 1. The van der Waals surface area contributed by atoms with Gasteiger partial charge in [-0.1, -0.05) is 0 Å². The number of rotatable bonds is 1. The Balaban J connectivity index is 2.43. The molecule has 14 heavy (non-hydrogen) atoms. The van der Waals surface area contributed by atoms with E-state index in [2.05, 4.69) is 9.97 Å². The second-order valence-corrected chi connectivity index (χ2v) is 3.52. The van der Waals surface area contributed by atoms with Crippen molar-refractivity contribution in [3.63, 3.8) is 0 Å². The zero-order chi connectivity index (χ0) is 10.1. The van der Waals surface area contributed by atoms with Gasteiger partial charge in [0, 0.05) is 24.8 Å². The molecule has 0 radical (unpaired) electrons. The van der Waals surface area contributed by atoms with Crippen molar-refractivity contribution in [1.82, 2.24) is 14.9 Å². The Labute approximate surface area is 81.4 Å². The van der Waals surface area contributed by atoms with E-state index in [1.807, 2.05) is 11.9 Å². The first kappa shape index (κ1) is 9.08. The number of aliphatic carboxylic acids is 1. The fourth-order valence-corrected chi connectivity index (χ4v) is 1.75. The van der Waals surface area contributed by atoms with Crippen LogP contribution in [0.4, 0.5) is 0 Å². The van der Waals surface area contributed by atoms with Crippen molar-refractivity contribution < 1.29 is 9.90 Å². The summed E-state index contributed by atoms with van der Waals surface area (Å²) in [5, 5.41) is 9.02. The van der Waals surface area contributed by atoms with E-state index < -0.39 is 11.9 Å². The molecule has 0 bridgehead atoms. The molecule has 1 aromatic rings. The van der Waals surface area contributed by atoms with E-state index in [1.54, 1.807) is 6.20 Å². The summed E-state index contributed by atoms with van der Waals surface area (Å²) < 4.78 is 0. The summed E-state index contributed by atoms with van der Waals surface area (Å²) in [5.41, 5.74) is 1.57. The van der Waals surface area contributed by atoms with Gasteiger partial charge >= 0.3 is 5.97 Å². The smallest absolute Gasteiger partial charge is 0.313 e. The molecule has 1 aliphatic rings. The van der Waals surface area contributed by atoms with Crippen LogP contribution in [0.1, 0.15) is 17.2 Å². The second-order valence-electron chi connectivity index (χ2n) is 3.52. The van der Waals surface area contributed by atoms with Gasteiger partial charge in [0.05, 0.1) is 5.69 Å². The molecule has 1 unspecified atom stereocenters. The van der Waals surface area contributed by atoms with Crippen LogP contribution in [0.25, 0.3) is 0 Å². The minimum Gasteiger partial charge on any atom is -0.481 e. The number of carbonyl (C=O) groups is 1. The third kappa shape index (κ3) is 1.46. The van der Waals surface area contributed by atoms with Crippen LogP contribution < -0.4 is 0 Å². The minimum absolute atomic E-state index is 0.513. The van der Waals surface area contributed by atoms with E-state index >= 15 is 0 Å². The second kappa shape index (κ2) is 3.34. The lowest BCUT2D eigenvalue weighted by Crippen LogP contribution is -2.35. The fraction of sp³-hybridized carbons (Fsp3) is 0.444. The van der Waals surface area contributed by atoms with Gasteiger partial charge in [-0.05, 0) is 7.05 Å². The largest absolute Gasteiger partial charge is 0.481 e. The van der Waals surface area contributed by atoms with Crippen LogP contribution in [0.5, 0.6) is 0 Å². The first-order chi connectivity index (χ1) is 6.68. The Bertz CT molecular complexity index is 367. The maximum Gasteiger partial charge on any atom is 0.313 e. The topological polar surface area (TPSA) is 66.3 Å². The van der Waals surface area contributed by atoms with Crippen molar-refractivity contribution in [3.05, 3.63) is 23.8 Å². The third-order valence-electron chi connectivity index (χ3n) is 2.39. The van der Waals surface area contributed by atoms with Gasteiger partial charge in [-0.25, -0.2) is 9.97 Å². The predicted octanol–water partition coefficient (Wildman–Crippen LogP) is 0.0902. The van der Waals surface area contributed by atoms with Crippen molar-refractivity contribution in [2.45, 2.75) is 12.5 Å². The zero-order valence-electron chi connectivity index (χ0n) is 7.84. The molecule has 0 fully saturated rings. The molecule has 0 spiro atoms. The van der Waals surface area contributed by atoms with Gasteiger partial charge in [0.15, 0.2) is 0 Å². The molecule has 5 heteroatoms. The van der Waals surface area contributed by atoms with Crippen LogP contribution in [-0.2, 0) is 11.3 Å². The Morgan fingerprint density at radius 2 is 2.50 bits per heavy atom. The molecule has 5 nitrogen and oxygen atoms in total. The average Bonchev–Trinajstić information content (AvgIpc) is 2.16. The highest BCUT2D eigenvalue weighted by Gasteiger charge is 2.29. The van der Waals surface area contributed by atoms with E-state index in [0.717, 1.165) is 12.1 Å². The van der Waals surface area contributed by atoms with Gasteiger partial charge in [-0.3, -0.25) is 4.79 Å². The van der Waals surface area contributed by atoms with Gasteiger partial charge in [-0.15, -0.1) is 0 Å². The number of likely N-dealkylation sites (N-methyl/N-ethyl adjacent to an activating group) is 1. The fourth-order valence-electron chi connectivity index (χ4n) is 1.75. The van der Waals surface area contributed by atoms with E-state index in [9.17, 15) is 4.79 Å². The molecule has 1 atom stereocenters. The molecule has 74 valence electrons. The molecule has 2 heterocycles. The van der Waals surface area contributed by atoms with Gasteiger partial charge in [0.1, 0.15) is 12.2 Å². The monoisotopic (exact) mass is 193 g/mol. The van der Waals surface area contributed by atoms with Crippen molar-refractivity contribution in [2.75, 3.05) is 13.6 Å². The molecule has 0 saturated heterocycles. The third-order valence-corrected chi connectivity index (χ3v) is 2.39. The van der Waals surface area contributed by atoms with Gasteiger partial charge in [-0.2, -0.15) is 0 Å². The highest BCUT2D eigenvalue weighted by molar-refractivity contribution is 5.76. The van der Waals surface area contributed by atoms with Crippen molar-refractivity contribution >= 4 is 5.97 Å². The quantitative estimate of drug-likeness (QED) is 0.684. The number of aromatic nitrogens is 2. The van der Waals surface area contributed by atoms with Gasteiger partial charge in [0.25, 0.3) is 0 Å². The summed E-state index contributed by atoms with van der Waals surface area (Å²) in [6, 6.07) is 0. The van der Waals surface area contributed by atoms with E-state index in [1.165, 1.54) is 6.33 Å². The minimum atomic E-state index is -0.823. The SMILES string of the molecule is CN1Cc2cncnc2C(C(=O)O)C1. The number of hydrogen-bond acceptors (Lipinski definition) is 4. The summed E-state index contributed by atoms with van der Waals surface area (Å²) in [6.07, 6.45) is 3.09. The van der Waals surface area contributed by atoms with Crippen LogP contribution in [-0.4, -0.2) is 39.5 Å². The molecule has 1 N–H and O–H groups in total. The maximum absolute atomic E-state index is 11.0. The van der Waals surface area contributed by atoms with Crippen molar-refractivity contribution in [1.29, 1.82) is 0 Å². The first-order valence-corrected chi connectivity index (χ1v) is 4.38. The normalized spacial score (nSPS) is 21.6. The van der Waals surface area contributed by atoms with Crippen molar-refractivity contribution in [2.24, 2.45) is 0 Å². The summed E-state index contributed by atoms with van der Waals surface area (Å²) in [7, 11) is 1.89. The Kier molecular flexibility index (Phi) is 2.17. The molecule has 0 amide bonds. The Morgan fingerprint density at radius 1 is 1.71 bits per heavy atom.